The van der Waals surface area contributed by atoms with Gasteiger partial charge in [-0.3, -0.25) is 9.69 Å². The highest BCUT2D eigenvalue weighted by Crippen LogP contribution is 2.23. The van der Waals surface area contributed by atoms with Crippen LogP contribution in [0, 0.1) is 5.82 Å². The Labute approximate surface area is 140 Å². The van der Waals surface area contributed by atoms with E-state index in [2.05, 4.69) is 21.8 Å². The predicted octanol–water partition coefficient (Wildman–Crippen LogP) is 2.43. The Bertz CT molecular complexity index is 788. The Kier molecular flexibility index (Phi) is 4.94. The molecule has 0 unspecified atom stereocenters. The first-order valence-electron chi connectivity index (χ1n) is 8.27. The maximum atomic E-state index is 14.3. The number of hydrogen-bond donors (Lipinski definition) is 1. The molecule has 0 atom stereocenters. The van der Waals surface area contributed by atoms with Gasteiger partial charge in [-0.25, -0.2) is 9.37 Å². The van der Waals surface area contributed by atoms with Crippen molar-refractivity contribution in [1.82, 2.24) is 14.9 Å². The van der Waals surface area contributed by atoms with E-state index in [0.29, 0.717) is 30.6 Å². The van der Waals surface area contributed by atoms with Gasteiger partial charge < -0.3 is 9.72 Å². The van der Waals surface area contributed by atoms with E-state index >= 15 is 0 Å². The maximum absolute atomic E-state index is 14.3. The van der Waals surface area contributed by atoms with E-state index in [4.69, 9.17) is 4.74 Å². The molecule has 3 rings (SSSR count). The lowest BCUT2D eigenvalue weighted by atomic mass is 10.1. The number of benzene rings is 1. The van der Waals surface area contributed by atoms with Crippen LogP contribution in [0.5, 0.6) is 5.75 Å². The van der Waals surface area contributed by atoms with Gasteiger partial charge in [-0.15, -0.1) is 0 Å². The lowest BCUT2D eigenvalue weighted by Gasteiger charge is -2.28. The minimum Gasteiger partial charge on any atom is -0.494 e. The third-order valence-electron chi connectivity index (χ3n) is 4.34. The molecule has 1 aromatic carbocycles. The molecule has 6 heteroatoms. The van der Waals surface area contributed by atoms with Gasteiger partial charge in [0.05, 0.1) is 18.4 Å². The van der Waals surface area contributed by atoms with Crippen molar-refractivity contribution in [2.45, 2.75) is 39.3 Å². The summed E-state index contributed by atoms with van der Waals surface area (Å²) >= 11 is 0. The Hall–Kier alpha value is -2.21. The van der Waals surface area contributed by atoms with Crippen molar-refractivity contribution >= 4 is 0 Å². The number of H-pyrrole nitrogens is 1. The summed E-state index contributed by atoms with van der Waals surface area (Å²) in [5.41, 5.74) is 2.08. The van der Waals surface area contributed by atoms with Crippen molar-refractivity contribution in [2.75, 3.05) is 13.7 Å². The Balaban J connectivity index is 1.80. The van der Waals surface area contributed by atoms with Crippen LogP contribution >= 0.6 is 0 Å². The van der Waals surface area contributed by atoms with Crippen molar-refractivity contribution in [3.05, 3.63) is 57.0 Å². The summed E-state index contributed by atoms with van der Waals surface area (Å²) in [6.45, 7) is 3.74. The number of nitrogens with one attached hydrogen (secondary N) is 1. The first-order chi connectivity index (χ1) is 11.6. The van der Waals surface area contributed by atoms with Crippen LogP contribution in [0.15, 0.2) is 23.0 Å². The average molecular weight is 331 g/mol. The molecule has 2 heterocycles. The summed E-state index contributed by atoms with van der Waals surface area (Å²) < 4.78 is 19.3. The second kappa shape index (κ2) is 7.13. The van der Waals surface area contributed by atoms with E-state index < -0.39 is 0 Å². The van der Waals surface area contributed by atoms with Crippen LogP contribution in [-0.2, 0) is 25.9 Å². The van der Waals surface area contributed by atoms with Gasteiger partial charge in [0, 0.05) is 38.0 Å². The molecule has 128 valence electrons. The van der Waals surface area contributed by atoms with E-state index in [9.17, 15) is 9.18 Å². The summed E-state index contributed by atoms with van der Waals surface area (Å²) in [7, 11) is 1.46. The van der Waals surface area contributed by atoms with Crippen LogP contribution < -0.4 is 10.3 Å². The minimum absolute atomic E-state index is 0.0701. The van der Waals surface area contributed by atoms with E-state index in [1.165, 1.54) is 7.11 Å². The zero-order valence-electron chi connectivity index (χ0n) is 14.1. The topological polar surface area (TPSA) is 58.2 Å². The summed E-state index contributed by atoms with van der Waals surface area (Å²) in [4.78, 5) is 21.8. The van der Waals surface area contributed by atoms with Gasteiger partial charge in [0.2, 0.25) is 0 Å². The minimum atomic E-state index is -0.337. The third kappa shape index (κ3) is 3.33. The molecular formula is C18H22FN3O2. The predicted molar refractivity (Wildman–Crippen MR) is 89.6 cm³/mol. The smallest absolute Gasteiger partial charge is 0.255 e. The highest BCUT2D eigenvalue weighted by molar-refractivity contribution is 5.31. The molecule has 5 nitrogen and oxygen atoms in total. The van der Waals surface area contributed by atoms with Gasteiger partial charge in [-0.05, 0) is 12.5 Å². The number of aromatic nitrogens is 2. The largest absolute Gasteiger partial charge is 0.494 e. The summed E-state index contributed by atoms with van der Waals surface area (Å²) in [5.74, 6) is 0.665. The van der Waals surface area contributed by atoms with E-state index in [1.807, 2.05) is 0 Å². The standard InChI is InChI=1S/C18H22FN3O2/c1-3-5-16-20-14-8-9-22(11-13(14)18(23)21-16)10-12-6-4-7-15(24-2)17(12)19/h4,6-7H,3,5,8-11H2,1-2H3,(H,20,21,23). The molecule has 0 saturated heterocycles. The SMILES string of the molecule is CCCc1nc2c(c(=O)[nH]1)CN(Cc1cccc(OC)c1F)CC2. The number of aromatic amines is 1. The summed E-state index contributed by atoms with van der Waals surface area (Å²) in [5, 5.41) is 0. The molecule has 0 amide bonds. The molecule has 0 spiro atoms. The second-order valence-corrected chi connectivity index (χ2v) is 6.08. The zero-order chi connectivity index (χ0) is 17.1. The lowest BCUT2D eigenvalue weighted by Crippen LogP contribution is -2.36. The van der Waals surface area contributed by atoms with Crippen LogP contribution in [-0.4, -0.2) is 28.5 Å². The van der Waals surface area contributed by atoms with Gasteiger partial charge in [0.1, 0.15) is 5.82 Å². The molecule has 0 aliphatic carbocycles. The van der Waals surface area contributed by atoms with Crippen LogP contribution in [0.1, 0.15) is 36.0 Å². The molecule has 1 aliphatic heterocycles. The Morgan fingerprint density at radius 2 is 2.25 bits per heavy atom. The molecular weight excluding hydrogens is 309 g/mol. The van der Waals surface area contributed by atoms with Crippen molar-refractivity contribution in [2.24, 2.45) is 0 Å². The Morgan fingerprint density at radius 3 is 3.00 bits per heavy atom. The fourth-order valence-electron chi connectivity index (χ4n) is 3.10. The first-order valence-corrected chi connectivity index (χ1v) is 8.27. The molecule has 1 aliphatic rings. The van der Waals surface area contributed by atoms with Gasteiger partial charge in [0.25, 0.3) is 5.56 Å². The molecule has 2 aromatic rings. The van der Waals surface area contributed by atoms with E-state index in [-0.39, 0.29) is 17.1 Å². The van der Waals surface area contributed by atoms with Crippen molar-refractivity contribution in [3.63, 3.8) is 0 Å². The second-order valence-electron chi connectivity index (χ2n) is 6.08. The molecule has 1 aromatic heterocycles. The number of halogens is 1. The fourth-order valence-corrected chi connectivity index (χ4v) is 3.10. The van der Waals surface area contributed by atoms with Crippen molar-refractivity contribution < 1.29 is 9.13 Å². The number of hydrogen-bond acceptors (Lipinski definition) is 4. The highest BCUT2D eigenvalue weighted by atomic mass is 19.1. The summed E-state index contributed by atoms with van der Waals surface area (Å²) in [6.07, 6.45) is 2.44. The van der Waals surface area contributed by atoms with Crippen LogP contribution in [0.2, 0.25) is 0 Å². The van der Waals surface area contributed by atoms with Gasteiger partial charge in [0.15, 0.2) is 11.6 Å². The number of methoxy groups -OCH3 is 1. The van der Waals surface area contributed by atoms with E-state index in [0.717, 1.165) is 30.9 Å². The zero-order valence-corrected chi connectivity index (χ0v) is 14.1. The van der Waals surface area contributed by atoms with Gasteiger partial charge >= 0.3 is 0 Å². The molecule has 1 N–H and O–H groups in total. The Morgan fingerprint density at radius 1 is 1.42 bits per heavy atom. The first kappa shape index (κ1) is 16.6. The van der Waals surface area contributed by atoms with Gasteiger partial charge in [-0.1, -0.05) is 19.1 Å². The monoisotopic (exact) mass is 331 g/mol. The number of nitrogens with zero attached hydrogens (tertiary/aromatic N) is 2. The van der Waals surface area contributed by atoms with Crippen molar-refractivity contribution in [1.29, 1.82) is 0 Å². The number of fused-ring (bicyclic) bond motifs is 1. The number of aryl methyl sites for hydroxylation is 1. The molecule has 0 bridgehead atoms. The quantitative estimate of drug-likeness (QED) is 0.914. The molecule has 24 heavy (non-hydrogen) atoms. The van der Waals surface area contributed by atoms with Gasteiger partial charge in [-0.2, -0.15) is 0 Å². The normalized spacial score (nSPS) is 14.5. The highest BCUT2D eigenvalue weighted by Gasteiger charge is 2.22. The lowest BCUT2D eigenvalue weighted by molar-refractivity contribution is 0.237. The number of ether oxygens (including phenoxy) is 1. The molecule has 0 fully saturated rings. The number of rotatable bonds is 5. The van der Waals surface area contributed by atoms with E-state index in [1.54, 1.807) is 18.2 Å². The van der Waals surface area contributed by atoms with Crippen LogP contribution in [0.3, 0.4) is 0 Å². The molecule has 0 radical (unpaired) electrons. The van der Waals surface area contributed by atoms with Crippen LogP contribution in [0.25, 0.3) is 0 Å². The maximum Gasteiger partial charge on any atom is 0.255 e. The fraction of sp³-hybridized carbons (Fsp3) is 0.444. The van der Waals surface area contributed by atoms with Crippen molar-refractivity contribution in [3.8, 4) is 5.75 Å². The third-order valence-corrected chi connectivity index (χ3v) is 4.34. The summed E-state index contributed by atoms with van der Waals surface area (Å²) in [6, 6.07) is 5.13. The molecule has 0 saturated carbocycles. The average Bonchev–Trinajstić information content (AvgIpc) is 2.58. The van der Waals surface area contributed by atoms with Crippen LogP contribution in [0.4, 0.5) is 4.39 Å².